The van der Waals surface area contributed by atoms with E-state index >= 15 is 0 Å². The molecule has 0 fully saturated rings. The first-order valence-corrected chi connectivity index (χ1v) is 9.49. The number of hydrogen-bond acceptors (Lipinski definition) is 3. The van der Waals surface area contributed by atoms with Gasteiger partial charge in [-0.25, -0.2) is 9.59 Å². The van der Waals surface area contributed by atoms with E-state index in [9.17, 15) is 14.7 Å². The number of terminal acetylenes is 1. The third kappa shape index (κ3) is 3.51. The van der Waals surface area contributed by atoms with Gasteiger partial charge in [0.25, 0.3) is 0 Å². The molecule has 1 aliphatic rings. The number of carbonyl (C=O) groups excluding carboxylic acids is 1. The Morgan fingerprint density at radius 2 is 1.60 bits per heavy atom. The van der Waals surface area contributed by atoms with Crippen LogP contribution in [0.2, 0.25) is 0 Å². The smallest absolute Gasteiger partial charge is 0.415 e. The summed E-state index contributed by atoms with van der Waals surface area (Å²) in [5, 5.41) is 9.22. The van der Waals surface area contributed by atoms with Gasteiger partial charge in [0.1, 0.15) is 6.61 Å². The number of amides is 1. The normalized spacial score (nSPS) is 11.8. The Labute approximate surface area is 174 Å². The number of anilines is 1. The lowest BCUT2D eigenvalue weighted by atomic mass is 9.98. The molecule has 0 aromatic heterocycles. The summed E-state index contributed by atoms with van der Waals surface area (Å²) in [5.41, 5.74) is 4.96. The van der Waals surface area contributed by atoms with Crippen LogP contribution in [0.5, 0.6) is 0 Å². The van der Waals surface area contributed by atoms with Crippen molar-refractivity contribution in [2.24, 2.45) is 0 Å². The summed E-state index contributed by atoms with van der Waals surface area (Å²) < 4.78 is 5.65. The molecule has 0 heterocycles. The third-order valence-electron chi connectivity index (χ3n) is 5.21. The second kappa shape index (κ2) is 8.14. The van der Waals surface area contributed by atoms with Crippen molar-refractivity contribution < 1.29 is 19.4 Å². The Hall–Kier alpha value is -4.04. The van der Waals surface area contributed by atoms with Crippen LogP contribution in [-0.2, 0) is 4.74 Å². The van der Waals surface area contributed by atoms with E-state index in [0.29, 0.717) is 5.69 Å². The molecular formula is C25H19NO4. The zero-order valence-corrected chi connectivity index (χ0v) is 16.1. The maximum absolute atomic E-state index is 12.9. The van der Waals surface area contributed by atoms with Gasteiger partial charge in [-0.1, -0.05) is 60.5 Å². The zero-order valence-electron chi connectivity index (χ0n) is 16.1. The zero-order chi connectivity index (χ0) is 21.1. The van der Waals surface area contributed by atoms with E-state index in [1.807, 2.05) is 36.4 Å². The largest absolute Gasteiger partial charge is 0.478 e. The van der Waals surface area contributed by atoms with E-state index in [4.69, 9.17) is 11.2 Å². The lowest BCUT2D eigenvalue weighted by Crippen LogP contribution is -2.33. The lowest BCUT2D eigenvalue weighted by Gasteiger charge is -2.22. The first kappa shape index (κ1) is 19.3. The van der Waals surface area contributed by atoms with Crippen molar-refractivity contribution in [2.45, 2.75) is 5.92 Å². The number of carbonyl (C=O) groups is 2. The average Bonchev–Trinajstić information content (AvgIpc) is 3.09. The molecule has 30 heavy (non-hydrogen) atoms. The minimum Gasteiger partial charge on any atom is -0.478 e. The van der Waals surface area contributed by atoms with Gasteiger partial charge >= 0.3 is 12.1 Å². The Morgan fingerprint density at radius 3 is 2.20 bits per heavy atom. The molecule has 0 saturated heterocycles. The van der Waals surface area contributed by atoms with Gasteiger partial charge in [-0.3, -0.25) is 4.90 Å². The highest BCUT2D eigenvalue weighted by atomic mass is 16.6. The minimum atomic E-state index is -1.08. The molecule has 1 aliphatic carbocycles. The van der Waals surface area contributed by atoms with Crippen LogP contribution < -0.4 is 4.90 Å². The van der Waals surface area contributed by atoms with E-state index in [1.54, 1.807) is 12.1 Å². The monoisotopic (exact) mass is 397 g/mol. The van der Waals surface area contributed by atoms with Gasteiger partial charge in [-0.05, 0) is 40.5 Å². The van der Waals surface area contributed by atoms with Gasteiger partial charge in [0.15, 0.2) is 0 Å². The molecule has 0 radical (unpaired) electrons. The fraction of sp³-hybridized carbons (Fsp3) is 0.120. The Balaban J connectivity index is 1.57. The number of ether oxygens (including phenoxy) is 1. The number of aromatic carboxylic acids is 1. The number of benzene rings is 3. The summed E-state index contributed by atoms with van der Waals surface area (Å²) in [5.74, 6) is 1.28. The molecule has 0 unspecified atom stereocenters. The molecule has 0 spiro atoms. The molecule has 0 bridgehead atoms. The topological polar surface area (TPSA) is 66.8 Å². The highest BCUT2D eigenvalue weighted by Crippen LogP contribution is 2.44. The summed E-state index contributed by atoms with van der Waals surface area (Å²) >= 11 is 0. The van der Waals surface area contributed by atoms with Crippen LogP contribution in [0.4, 0.5) is 10.5 Å². The summed E-state index contributed by atoms with van der Waals surface area (Å²) in [6.45, 7) is 0.131. The van der Waals surface area contributed by atoms with Gasteiger partial charge in [-0.2, -0.15) is 0 Å². The van der Waals surface area contributed by atoms with Crippen LogP contribution in [0.25, 0.3) is 11.1 Å². The molecule has 148 valence electrons. The molecule has 4 rings (SSSR count). The lowest BCUT2D eigenvalue weighted by molar-refractivity contribution is 0.0696. The molecule has 1 amide bonds. The van der Waals surface area contributed by atoms with Crippen LogP contribution in [0, 0.1) is 12.3 Å². The van der Waals surface area contributed by atoms with Crippen molar-refractivity contribution in [1.82, 2.24) is 0 Å². The van der Waals surface area contributed by atoms with Gasteiger partial charge in [-0.15, -0.1) is 6.42 Å². The quantitative estimate of drug-likeness (QED) is 0.630. The molecule has 3 aromatic carbocycles. The maximum Gasteiger partial charge on any atom is 0.415 e. The summed E-state index contributed by atoms with van der Waals surface area (Å²) in [4.78, 5) is 25.4. The Bertz CT molecular complexity index is 1120. The number of fused-ring (bicyclic) bond motifs is 3. The predicted molar refractivity (Wildman–Crippen MR) is 115 cm³/mol. The van der Waals surface area contributed by atoms with Gasteiger partial charge in [0.2, 0.25) is 0 Å². The molecule has 0 saturated carbocycles. The van der Waals surface area contributed by atoms with Gasteiger partial charge < -0.3 is 9.84 Å². The van der Waals surface area contributed by atoms with E-state index in [2.05, 4.69) is 18.1 Å². The van der Waals surface area contributed by atoms with Crippen LogP contribution >= 0.6 is 0 Å². The predicted octanol–water partition coefficient (Wildman–Crippen LogP) is 4.77. The standard InChI is InChI=1S/C25H19NO4/c1-2-14-26(18-9-7-8-17(15-18)24(27)28)25(29)30-16-23-21-12-5-3-10-19(21)20-11-4-6-13-22(20)23/h1,3-13,15,23H,14,16H2,(H,27,28). The first-order valence-electron chi connectivity index (χ1n) is 9.49. The summed E-state index contributed by atoms with van der Waals surface area (Å²) in [6.07, 6.45) is 4.82. The van der Waals surface area contributed by atoms with Crippen molar-refractivity contribution >= 4 is 17.7 Å². The number of hydrogen-bond donors (Lipinski definition) is 1. The second-order valence-corrected chi connectivity index (χ2v) is 6.95. The molecule has 5 heteroatoms. The first-order chi connectivity index (χ1) is 14.6. The van der Waals surface area contributed by atoms with Gasteiger partial charge in [0, 0.05) is 11.6 Å². The number of carboxylic acid groups (broad SMARTS) is 1. The number of rotatable bonds is 5. The third-order valence-corrected chi connectivity index (χ3v) is 5.21. The van der Waals surface area contributed by atoms with Crippen molar-refractivity contribution in [3.05, 3.63) is 89.5 Å². The average molecular weight is 397 g/mol. The van der Waals surface area contributed by atoms with E-state index in [0.717, 1.165) is 22.3 Å². The summed E-state index contributed by atoms with van der Waals surface area (Å²) in [7, 11) is 0. The van der Waals surface area contributed by atoms with Crippen molar-refractivity contribution in [3.63, 3.8) is 0 Å². The highest BCUT2D eigenvalue weighted by Gasteiger charge is 2.30. The van der Waals surface area contributed by atoms with Crippen LogP contribution in [0.3, 0.4) is 0 Å². The minimum absolute atomic E-state index is 0.0280. The number of nitrogens with zero attached hydrogens (tertiary/aromatic N) is 1. The molecule has 5 nitrogen and oxygen atoms in total. The second-order valence-electron chi connectivity index (χ2n) is 6.95. The Kier molecular flexibility index (Phi) is 5.23. The van der Waals surface area contributed by atoms with Crippen molar-refractivity contribution in [3.8, 4) is 23.5 Å². The number of carboxylic acids is 1. The van der Waals surface area contributed by atoms with Crippen LogP contribution in [-0.4, -0.2) is 30.3 Å². The fourth-order valence-corrected chi connectivity index (χ4v) is 3.83. The van der Waals surface area contributed by atoms with Crippen molar-refractivity contribution in [2.75, 3.05) is 18.1 Å². The highest BCUT2D eigenvalue weighted by molar-refractivity contribution is 5.93. The van der Waals surface area contributed by atoms with Crippen molar-refractivity contribution in [1.29, 1.82) is 0 Å². The molecule has 3 aromatic rings. The fourth-order valence-electron chi connectivity index (χ4n) is 3.83. The summed E-state index contributed by atoms with van der Waals surface area (Å²) in [6, 6.07) is 22.2. The molecular weight excluding hydrogens is 378 g/mol. The molecule has 0 atom stereocenters. The van der Waals surface area contributed by atoms with Gasteiger partial charge in [0.05, 0.1) is 12.1 Å². The Morgan fingerprint density at radius 1 is 0.967 bits per heavy atom. The van der Waals surface area contributed by atoms with E-state index in [1.165, 1.54) is 17.0 Å². The maximum atomic E-state index is 12.9. The van der Waals surface area contributed by atoms with Crippen LogP contribution in [0.1, 0.15) is 27.4 Å². The van der Waals surface area contributed by atoms with E-state index < -0.39 is 12.1 Å². The SMILES string of the molecule is C#CCN(C(=O)OCC1c2ccccc2-c2ccccc21)c1cccc(C(=O)O)c1. The van der Waals surface area contributed by atoms with E-state index in [-0.39, 0.29) is 24.6 Å². The van der Waals surface area contributed by atoms with Crippen LogP contribution in [0.15, 0.2) is 72.8 Å². The molecule has 0 aliphatic heterocycles. The molecule has 1 N–H and O–H groups in total.